The van der Waals surface area contributed by atoms with Crippen molar-refractivity contribution < 1.29 is 14.3 Å². The van der Waals surface area contributed by atoms with E-state index in [0.717, 1.165) is 0 Å². The maximum Gasteiger partial charge on any atom is 0.407 e. The molecule has 0 aliphatic heterocycles. The minimum absolute atomic E-state index is 0.290. The minimum Gasteiger partial charge on any atom is -0.444 e. The lowest BCUT2D eigenvalue weighted by atomic mass is 10.2. The van der Waals surface area contributed by atoms with Gasteiger partial charge < -0.3 is 15.4 Å². The highest BCUT2D eigenvalue weighted by molar-refractivity contribution is 6.36. The average molecular weight is 348 g/mol. The van der Waals surface area contributed by atoms with Crippen molar-refractivity contribution >= 4 is 23.5 Å². The van der Waals surface area contributed by atoms with Crippen molar-refractivity contribution in [1.29, 1.82) is 5.41 Å². The monoisotopic (exact) mass is 348 g/mol. The number of benzene rings is 1. The Morgan fingerprint density at radius 2 is 1.76 bits per heavy atom. The predicted octanol–water partition coefficient (Wildman–Crippen LogP) is 2.47. The Bertz CT molecular complexity index is 610. The van der Waals surface area contributed by atoms with Crippen molar-refractivity contribution in [2.24, 2.45) is 10.3 Å². The molecule has 4 N–H and O–H groups in total. The third-order valence-electron chi connectivity index (χ3n) is 2.63. The summed E-state index contributed by atoms with van der Waals surface area (Å²) < 4.78 is 5.08. The molecule has 0 aliphatic carbocycles. The van der Waals surface area contributed by atoms with Crippen LogP contribution < -0.4 is 16.1 Å². The fourth-order valence-electron chi connectivity index (χ4n) is 1.57. The summed E-state index contributed by atoms with van der Waals surface area (Å²) in [5.41, 5.74) is 2.77. The molecule has 0 saturated carbocycles. The van der Waals surface area contributed by atoms with Gasteiger partial charge in [-0.2, -0.15) is 0 Å². The van der Waals surface area contributed by atoms with Gasteiger partial charge in [-0.1, -0.05) is 23.4 Å². The standard InChI is InChI=1S/C16H24N6O3/c1-16(2,3)25-15(24)19-11-7-10-18-14(23)13(17)21-22-20-12-8-5-4-6-9-12/h4-6,8-9H,7,10-11H2,1-3H3,(H,18,23)(H,19,24)(H2,17,20,21). The Labute approximate surface area is 146 Å². The highest BCUT2D eigenvalue weighted by Crippen LogP contribution is 2.06. The average Bonchev–Trinajstić information content (AvgIpc) is 2.53. The molecule has 1 aromatic carbocycles. The number of amides is 2. The lowest BCUT2D eigenvalue weighted by Crippen LogP contribution is -2.35. The molecule has 0 aromatic heterocycles. The van der Waals surface area contributed by atoms with E-state index < -0.39 is 23.4 Å². The fraction of sp³-hybridized carbons (Fsp3) is 0.438. The Kier molecular flexibility index (Phi) is 8.04. The van der Waals surface area contributed by atoms with E-state index >= 15 is 0 Å². The van der Waals surface area contributed by atoms with E-state index in [-0.39, 0.29) is 0 Å². The van der Waals surface area contributed by atoms with E-state index in [0.29, 0.717) is 25.2 Å². The smallest absolute Gasteiger partial charge is 0.407 e. The van der Waals surface area contributed by atoms with Gasteiger partial charge in [0.2, 0.25) is 5.84 Å². The van der Waals surface area contributed by atoms with Crippen LogP contribution in [0.5, 0.6) is 0 Å². The molecule has 0 unspecified atom stereocenters. The SMILES string of the molecule is CC(C)(C)OC(=O)NCCCNC(=O)C(=N)/N=N\Nc1ccccc1. The molecule has 1 rings (SSSR count). The van der Waals surface area contributed by atoms with Gasteiger partial charge in [-0.3, -0.25) is 15.6 Å². The van der Waals surface area contributed by atoms with E-state index in [1.807, 2.05) is 18.2 Å². The lowest BCUT2D eigenvalue weighted by Gasteiger charge is -2.19. The molecular formula is C16H24N6O3. The summed E-state index contributed by atoms with van der Waals surface area (Å²) in [6, 6.07) is 9.05. The van der Waals surface area contributed by atoms with Gasteiger partial charge in [0.15, 0.2) is 0 Å². The quantitative estimate of drug-likeness (QED) is 0.207. The second-order valence-electron chi connectivity index (χ2n) is 6.06. The Balaban J connectivity index is 2.17. The first kappa shape index (κ1) is 20.1. The zero-order chi connectivity index (χ0) is 18.7. The van der Waals surface area contributed by atoms with Crippen molar-refractivity contribution in [2.75, 3.05) is 18.5 Å². The lowest BCUT2D eigenvalue weighted by molar-refractivity contribution is -0.114. The summed E-state index contributed by atoms with van der Waals surface area (Å²) in [6.07, 6.45) is -0.00939. The molecule has 0 radical (unpaired) electrons. The van der Waals surface area contributed by atoms with Crippen molar-refractivity contribution in [3.8, 4) is 0 Å². The van der Waals surface area contributed by atoms with Gasteiger partial charge in [0.05, 0.1) is 5.69 Å². The number of nitrogens with one attached hydrogen (secondary N) is 4. The summed E-state index contributed by atoms with van der Waals surface area (Å²) in [6.45, 7) is 5.97. The first-order valence-electron chi connectivity index (χ1n) is 7.83. The molecule has 136 valence electrons. The van der Waals surface area contributed by atoms with Crippen LogP contribution in [0.1, 0.15) is 27.2 Å². The molecule has 2 amide bonds. The predicted molar refractivity (Wildman–Crippen MR) is 94.5 cm³/mol. The molecule has 0 fully saturated rings. The molecule has 9 nitrogen and oxygen atoms in total. The zero-order valence-corrected chi connectivity index (χ0v) is 14.6. The minimum atomic E-state index is -0.643. The summed E-state index contributed by atoms with van der Waals surface area (Å²) in [5.74, 6) is -1.15. The third kappa shape index (κ3) is 9.69. The van der Waals surface area contributed by atoms with Crippen molar-refractivity contribution in [3.05, 3.63) is 30.3 Å². The number of carbonyl (C=O) groups is 2. The van der Waals surface area contributed by atoms with E-state index in [1.54, 1.807) is 32.9 Å². The number of alkyl carbamates (subject to hydrolysis) is 1. The van der Waals surface area contributed by atoms with E-state index in [2.05, 4.69) is 26.4 Å². The Hall–Kier alpha value is -2.97. The largest absolute Gasteiger partial charge is 0.444 e. The van der Waals surface area contributed by atoms with Gasteiger partial charge in [-0.25, -0.2) is 4.79 Å². The maximum atomic E-state index is 11.6. The number of ether oxygens (including phenoxy) is 1. The highest BCUT2D eigenvalue weighted by atomic mass is 16.6. The van der Waals surface area contributed by atoms with Gasteiger partial charge in [-0.15, -0.1) is 5.11 Å². The molecule has 0 aliphatic rings. The fourth-order valence-corrected chi connectivity index (χ4v) is 1.57. The van der Waals surface area contributed by atoms with Crippen LogP contribution in [0.15, 0.2) is 40.7 Å². The first-order chi connectivity index (χ1) is 11.8. The number of anilines is 1. The molecule has 0 spiro atoms. The molecule has 1 aromatic rings. The van der Waals surface area contributed by atoms with E-state index in [1.165, 1.54) is 0 Å². The second-order valence-corrected chi connectivity index (χ2v) is 6.06. The molecule has 0 saturated heterocycles. The summed E-state index contributed by atoms with van der Waals surface area (Å²) in [7, 11) is 0. The van der Waals surface area contributed by atoms with Crippen LogP contribution in [-0.2, 0) is 9.53 Å². The number of nitrogens with zero attached hydrogens (tertiary/aromatic N) is 2. The molecule has 0 atom stereocenters. The topological polar surface area (TPSA) is 128 Å². The first-order valence-corrected chi connectivity index (χ1v) is 7.83. The van der Waals surface area contributed by atoms with Gasteiger partial charge in [-0.05, 0) is 39.3 Å². The van der Waals surface area contributed by atoms with Crippen LogP contribution in [0.2, 0.25) is 0 Å². The Morgan fingerprint density at radius 3 is 2.40 bits per heavy atom. The maximum absolute atomic E-state index is 11.6. The van der Waals surface area contributed by atoms with Gasteiger partial charge in [0, 0.05) is 13.1 Å². The van der Waals surface area contributed by atoms with Crippen LogP contribution in [0, 0.1) is 5.41 Å². The number of para-hydroxylation sites is 1. The van der Waals surface area contributed by atoms with Gasteiger partial charge >= 0.3 is 6.09 Å². The molecule has 9 heteroatoms. The van der Waals surface area contributed by atoms with Crippen LogP contribution in [0.4, 0.5) is 10.5 Å². The highest BCUT2D eigenvalue weighted by Gasteiger charge is 2.15. The molecular weight excluding hydrogens is 324 g/mol. The number of hydrogen-bond acceptors (Lipinski definition) is 5. The number of hydrogen-bond donors (Lipinski definition) is 4. The number of rotatable bonds is 6. The summed E-state index contributed by atoms with van der Waals surface area (Å²) in [4.78, 5) is 23.1. The van der Waals surface area contributed by atoms with Crippen LogP contribution in [-0.4, -0.2) is 36.5 Å². The van der Waals surface area contributed by atoms with Crippen LogP contribution in [0.3, 0.4) is 0 Å². The number of carbonyl (C=O) groups excluding carboxylic acids is 2. The second kappa shape index (κ2) is 10.0. The van der Waals surface area contributed by atoms with E-state index in [4.69, 9.17) is 10.1 Å². The van der Waals surface area contributed by atoms with Gasteiger partial charge in [0.25, 0.3) is 5.91 Å². The van der Waals surface area contributed by atoms with E-state index in [9.17, 15) is 9.59 Å². The molecule has 25 heavy (non-hydrogen) atoms. The van der Waals surface area contributed by atoms with Crippen molar-refractivity contribution in [2.45, 2.75) is 32.8 Å². The van der Waals surface area contributed by atoms with Crippen molar-refractivity contribution in [3.63, 3.8) is 0 Å². The number of amidine groups is 1. The van der Waals surface area contributed by atoms with Crippen molar-refractivity contribution in [1.82, 2.24) is 10.6 Å². The summed E-state index contributed by atoms with van der Waals surface area (Å²) in [5, 5.41) is 19.7. The normalized spacial score (nSPS) is 11.0. The summed E-state index contributed by atoms with van der Waals surface area (Å²) >= 11 is 0. The Morgan fingerprint density at radius 1 is 1.12 bits per heavy atom. The van der Waals surface area contributed by atoms with Crippen LogP contribution >= 0.6 is 0 Å². The zero-order valence-electron chi connectivity index (χ0n) is 14.6. The van der Waals surface area contributed by atoms with Crippen LogP contribution in [0.25, 0.3) is 0 Å². The third-order valence-corrected chi connectivity index (χ3v) is 2.63. The van der Waals surface area contributed by atoms with Gasteiger partial charge in [0.1, 0.15) is 5.60 Å². The molecule has 0 bridgehead atoms. The molecule has 0 heterocycles.